The van der Waals surface area contributed by atoms with Gasteiger partial charge in [-0.1, -0.05) is 13.3 Å². The van der Waals surface area contributed by atoms with E-state index in [-0.39, 0.29) is 17.9 Å². The second-order valence-electron chi connectivity index (χ2n) is 5.57. The second-order valence-corrected chi connectivity index (χ2v) is 5.57. The van der Waals surface area contributed by atoms with Gasteiger partial charge >= 0.3 is 0 Å². The molecule has 0 bridgehead atoms. The van der Waals surface area contributed by atoms with Crippen LogP contribution in [0.3, 0.4) is 0 Å². The largest absolute Gasteiger partial charge is 0.343 e. The molecule has 2 unspecified atom stereocenters. The van der Waals surface area contributed by atoms with Gasteiger partial charge in [0.05, 0.1) is 0 Å². The van der Waals surface area contributed by atoms with E-state index in [1.54, 1.807) is 6.92 Å². The average Bonchev–Trinajstić information content (AvgIpc) is 2.24. The third-order valence-corrected chi connectivity index (χ3v) is 4.42. The van der Waals surface area contributed by atoms with Crippen LogP contribution in [0.5, 0.6) is 0 Å². The summed E-state index contributed by atoms with van der Waals surface area (Å²) in [6.07, 6.45) is 4.32. The van der Waals surface area contributed by atoms with Crippen LogP contribution in [0.2, 0.25) is 0 Å². The molecule has 0 radical (unpaired) electrons. The van der Waals surface area contributed by atoms with Gasteiger partial charge in [0.2, 0.25) is 11.8 Å². The highest BCUT2D eigenvalue weighted by molar-refractivity contribution is 5.99. The quantitative estimate of drug-likeness (QED) is 0.805. The SMILES string of the molecule is CCC1(C)C(=O)NC(C)C(=O)N1CC1CCC1. The van der Waals surface area contributed by atoms with E-state index >= 15 is 0 Å². The van der Waals surface area contributed by atoms with Crippen molar-refractivity contribution in [1.29, 1.82) is 0 Å². The molecule has 2 fully saturated rings. The van der Waals surface area contributed by atoms with Gasteiger partial charge < -0.3 is 10.2 Å². The van der Waals surface area contributed by atoms with Crippen molar-refractivity contribution in [2.24, 2.45) is 5.92 Å². The summed E-state index contributed by atoms with van der Waals surface area (Å²) in [5, 5.41) is 2.78. The third kappa shape index (κ3) is 1.94. The average molecular weight is 238 g/mol. The fourth-order valence-corrected chi connectivity index (χ4v) is 2.59. The molecule has 2 aliphatic rings. The van der Waals surface area contributed by atoms with Crippen LogP contribution in [0.1, 0.15) is 46.5 Å². The van der Waals surface area contributed by atoms with E-state index in [1.165, 1.54) is 19.3 Å². The zero-order chi connectivity index (χ0) is 12.6. The minimum absolute atomic E-state index is 0.00794. The van der Waals surface area contributed by atoms with Crippen molar-refractivity contribution in [3.63, 3.8) is 0 Å². The van der Waals surface area contributed by atoms with Gasteiger partial charge in [-0.15, -0.1) is 0 Å². The highest BCUT2D eigenvalue weighted by Crippen LogP contribution is 2.32. The van der Waals surface area contributed by atoms with Crippen LogP contribution < -0.4 is 5.32 Å². The Labute approximate surface area is 103 Å². The molecule has 0 aromatic heterocycles. The molecule has 4 heteroatoms. The molecule has 0 aromatic rings. The molecule has 2 atom stereocenters. The first-order chi connectivity index (χ1) is 7.99. The van der Waals surface area contributed by atoms with Crippen molar-refractivity contribution in [2.45, 2.75) is 58.0 Å². The summed E-state index contributed by atoms with van der Waals surface area (Å²) in [7, 11) is 0. The Morgan fingerprint density at radius 3 is 2.53 bits per heavy atom. The predicted octanol–water partition coefficient (Wildman–Crippen LogP) is 1.30. The monoisotopic (exact) mass is 238 g/mol. The number of rotatable bonds is 3. The Kier molecular flexibility index (Phi) is 3.15. The summed E-state index contributed by atoms with van der Waals surface area (Å²) in [5.74, 6) is 0.662. The van der Waals surface area contributed by atoms with E-state index in [9.17, 15) is 9.59 Å². The normalized spacial score (nSPS) is 34.5. The van der Waals surface area contributed by atoms with Gasteiger partial charge in [0.1, 0.15) is 11.6 Å². The maximum atomic E-state index is 12.2. The third-order valence-electron chi connectivity index (χ3n) is 4.42. The molecule has 1 aliphatic carbocycles. The standard InChI is InChI=1S/C13H22N2O2/c1-4-13(3)12(17)14-9(2)11(16)15(13)8-10-6-5-7-10/h9-10H,4-8H2,1-3H3,(H,14,17). The van der Waals surface area contributed by atoms with Gasteiger partial charge in [-0.25, -0.2) is 0 Å². The molecule has 1 heterocycles. The molecule has 17 heavy (non-hydrogen) atoms. The van der Waals surface area contributed by atoms with Crippen LogP contribution in [-0.2, 0) is 9.59 Å². The Bertz CT molecular complexity index is 338. The second kappa shape index (κ2) is 4.31. The number of carbonyl (C=O) groups is 2. The smallest absolute Gasteiger partial charge is 0.246 e. The minimum atomic E-state index is -0.654. The molecular formula is C13H22N2O2. The van der Waals surface area contributed by atoms with E-state index in [0.717, 1.165) is 6.54 Å². The first kappa shape index (κ1) is 12.4. The molecule has 2 amide bonds. The lowest BCUT2D eigenvalue weighted by Crippen LogP contribution is -2.69. The minimum Gasteiger partial charge on any atom is -0.343 e. The maximum absolute atomic E-state index is 12.2. The number of amides is 2. The summed E-state index contributed by atoms with van der Waals surface area (Å²) in [6, 6.07) is -0.373. The molecule has 0 aromatic carbocycles. The molecule has 4 nitrogen and oxygen atoms in total. The number of nitrogens with zero attached hydrogens (tertiary/aromatic N) is 1. The summed E-state index contributed by atoms with van der Waals surface area (Å²) in [5.41, 5.74) is -0.654. The van der Waals surface area contributed by atoms with Gasteiger partial charge in [0.25, 0.3) is 0 Å². The summed E-state index contributed by atoms with van der Waals surface area (Å²) in [4.78, 5) is 26.1. The van der Waals surface area contributed by atoms with Crippen LogP contribution >= 0.6 is 0 Å². The number of hydrogen-bond acceptors (Lipinski definition) is 2. The van der Waals surface area contributed by atoms with Crippen molar-refractivity contribution in [2.75, 3.05) is 6.54 Å². The lowest BCUT2D eigenvalue weighted by atomic mass is 9.82. The number of hydrogen-bond donors (Lipinski definition) is 1. The van der Waals surface area contributed by atoms with E-state index < -0.39 is 5.54 Å². The van der Waals surface area contributed by atoms with E-state index in [0.29, 0.717) is 12.3 Å². The van der Waals surface area contributed by atoms with Crippen LogP contribution in [-0.4, -0.2) is 34.8 Å². The van der Waals surface area contributed by atoms with Crippen molar-refractivity contribution >= 4 is 11.8 Å². The predicted molar refractivity (Wildman–Crippen MR) is 65.4 cm³/mol. The van der Waals surface area contributed by atoms with Gasteiger partial charge in [-0.2, -0.15) is 0 Å². The molecule has 96 valence electrons. The van der Waals surface area contributed by atoms with E-state index in [4.69, 9.17) is 0 Å². The Morgan fingerprint density at radius 1 is 1.41 bits per heavy atom. The fourth-order valence-electron chi connectivity index (χ4n) is 2.59. The summed E-state index contributed by atoms with van der Waals surface area (Å²) in [6.45, 7) is 6.37. The van der Waals surface area contributed by atoms with Crippen LogP contribution in [0.4, 0.5) is 0 Å². The molecule has 1 N–H and O–H groups in total. The first-order valence-electron chi connectivity index (χ1n) is 6.61. The highest BCUT2D eigenvalue weighted by atomic mass is 16.2. The summed E-state index contributed by atoms with van der Waals surface area (Å²) < 4.78 is 0. The van der Waals surface area contributed by atoms with Crippen molar-refractivity contribution < 1.29 is 9.59 Å². The number of carbonyl (C=O) groups excluding carboxylic acids is 2. The molecule has 1 aliphatic heterocycles. The fraction of sp³-hybridized carbons (Fsp3) is 0.846. The van der Waals surface area contributed by atoms with E-state index in [2.05, 4.69) is 5.32 Å². The Hall–Kier alpha value is -1.06. The van der Waals surface area contributed by atoms with Crippen LogP contribution in [0.25, 0.3) is 0 Å². The van der Waals surface area contributed by atoms with Crippen LogP contribution in [0, 0.1) is 5.92 Å². The zero-order valence-electron chi connectivity index (χ0n) is 11.0. The number of nitrogens with one attached hydrogen (secondary N) is 1. The molecule has 2 rings (SSSR count). The van der Waals surface area contributed by atoms with Crippen molar-refractivity contribution in [1.82, 2.24) is 10.2 Å². The van der Waals surface area contributed by atoms with Gasteiger partial charge in [0.15, 0.2) is 0 Å². The van der Waals surface area contributed by atoms with Gasteiger partial charge in [-0.05, 0) is 39.0 Å². The zero-order valence-corrected chi connectivity index (χ0v) is 11.0. The Morgan fingerprint density at radius 2 is 2.06 bits per heavy atom. The molecule has 0 spiro atoms. The van der Waals surface area contributed by atoms with Gasteiger partial charge in [0, 0.05) is 6.54 Å². The Balaban J connectivity index is 2.20. The van der Waals surface area contributed by atoms with Gasteiger partial charge in [-0.3, -0.25) is 9.59 Å². The first-order valence-corrected chi connectivity index (χ1v) is 6.61. The van der Waals surface area contributed by atoms with Crippen molar-refractivity contribution in [3.8, 4) is 0 Å². The molecule has 1 saturated carbocycles. The molecular weight excluding hydrogens is 216 g/mol. The maximum Gasteiger partial charge on any atom is 0.246 e. The number of piperazine rings is 1. The summed E-state index contributed by atoms with van der Waals surface area (Å²) >= 11 is 0. The lowest BCUT2D eigenvalue weighted by Gasteiger charge is -2.47. The molecule has 1 saturated heterocycles. The van der Waals surface area contributed by atoms with Crippen LogP contribution in [0.15, 0.2) is 0 Å². The lowest BCUT2D eigenvalue weighted by molar-refractivity contribution is -0.157. The topological polar surface area (TPSA) is 49.4 Å². The van der Waals surface area contributed by atoms with Crippen molar-refractivity contribution in [3.05, 3.63) is 0 Å². The van der Waals surface area contributed by atoms with E-state index in [1.807, 2.05) is 18.7 Å². The highest BCUT2D eigenvalue weighted by Gasteiger charge is 2.47.